The Balaban J connectivity index is 2.45. The van der Waals surface area contributed by atoms with Gasteiger partial charge >= 0.3 is 5.97 Å². The number of ether oxygens (including phenoxy) is 3. The van der Waals surface area contributed by atoms with E-state index in [1.807, 2.05) is 0 Å². The van der Waals surface area contributed by atoms with Crippen LogP contribution in [0.15, 0.2) is 22.8 Å². The molecule has 0 N–H and O–H groups in total. The first-order chi connectivity index (χ1) is 9.05. The Morgan fingerprint density at radius 1 is 1.32 bits per heavy atom. The summed E-state index contributed by atoms with van der Waals surface area (Å²) >= 11 is 6.08. The van der Waals surface area contributed by atoms with Crippen LogP contribution in [0.2, 0.25) is 5.02 Å². The summed E-state index contributed by atoms with van der Waals surface area (Å²) in [7, 11) is 3.01. The molecule has 1 aliphatic rings. The fourth-order valence-electron chi connectivity index (χ4n) is 1.69. The molecule has 0 atom stereocenters. The van der Waals surface area contributed by atoms with Gasteiger partial charge in [0.2, 0.25) is 0 Å². The molecule has 0 saturated heterocycles. The van der Waals surface area contributed by atoms with Crippen molar-refractivity contribution >= 4 is 29.5 Å². The molecular weight excluding hydrogens is 270 g/mol. The van der Waals surface area contributed by atoms with E-state index < -0.39 is 5.97 Å². The normalized spacial score (nSPS) is 16.3. The molecule has 0 unspecified atom stereocenters. The van der Waals surface area contributed by atoms with Crippen molar-refractivity contribution in [3.8, 4) is 11.5 Å². The third-order valence-corrected chi connectivity index (χ3v) is 2.77. The van der Waals surface area contributed by atoms with Crippen LogP contribution in [0.4, 0.5) is 0 Å². The first kappa shape index (κ1) is 13.4. The maximum Gasteiger partial charge on any atom is 0.363 e. The molecule has 0 bridgehead atoms. The largest absolute Gasteiger partial charge is 0.493 e. The van der Waals surface area contributed by atoms with Crippen molar-refractivity contribution in [3.05, 3.63) is 28.4 Å². The number of esters is 1. The molecule has 1 aliphatic heterocycles. The Hall–Kier alpha value is -2.01. The van der Waals surface area contributed by atoms with Crippen molar-refractivity contribution in [2.24, 2.45) is 4.99 Å². The van der Waals surface area contributed by atoms with Gasteiger partial charge in [0.1, 0.15) is 0 Å². The average molecular weight is 282 g/mol. The van der Waals surface area contributed by atoms with Crippen LogP contribution in [0.5, 0.6) is 11.5 Å². The Morgan fingerprint density at radius 3 is 2.58 bits per heavy atom. The van der Waals surface area contributed by atoms with E-state index in [2.05, 4.69) is 4.99 Å². The number of carbonyl (C=O) groups is 1. The maximum absolute atomic E-state index is 11.5. The molecule has 1 aromatic carbocycles. The zero-order valence-electron chi connectivity index (χ0n) is 10.7. The minimum absolute atomic E-state index is 0.223. The minimum Gasteiger partial charge on any atom is -0.493 e. The van der Waals surface area contributed by atoms with E-state index in [9.17, 15) is 4.79 Å². The third kappa shape index (κ3) is 2.71. The molecule has 19 heavy (non-hydrogen) atoms. The van der Waals surface area contributed by atoms with Crippen molar-refractivity contribution in [3.63, 3.8) is 0 Å². The monoisotopic (exact) mass is 281 g/mol. The molecule has 0 fully saturated rings. The van der Waals surface area contributed by atoms with Crippen LogP contribution in [0.3, 0.4) is 0 Å². The highest BCUT2D eigenvalue weighted by molar-refractivity contribution is 6.32. The van der Waals surface area contributed by atoms with Gasteiger partial charge < -0.3 is 14.2 Å². The quantitative estimate of drug-likeness (QED) is 0.631. The van der Waals surface area contributed by atoms with Crippen molar-refractivity contribution < 1.29 is 19.0 Å². The van der Waals surface area contributed by atoms with Crippen LogP contribution in [0.25, 0.3) is 6.08 Å². The average Bonchev–Trinajstić information content (AvgIpc) is 2.67. The fraction of sp³-hybridized carbons (Fsp3) is 0.231. The Labute approximate surface area is 115 Å². The molecule has 0 radical (unpaired) electrons. The van der Waals surface area contributed by atoms with Gasteiger partial charge in [-0.15, -0.1) is 0 Å². The first-order valence-corrected chi connectivity index (χ1v) is 5.83. The van der Waals surface area contributed by atoms with E-state index >= 15 is 0 Å². The second-order valence-corrected chi connectivity index (χ2v) is 4.20. The van der Waals surface area contributed by atoms with E-state index in [-0.39, 0.29) is 5.70 Å². The van der Waals surface area contributed by atoms with Crippen LogP contribution in [-0.4, -0.2) is 26.1 Å². The first-order valence-electron chi connectivity index (χ1n) is 5.46. The highest BCUT2D eigenvalue weighted by Gasteiger charge is 2.20. The predicted octanol–water partition coefficient (Wildman–Crippen LogP) is 2.67. The van der Waals surface area contributed by atoms with Crippen molar-refractivity contribution in [1.29, 1.82) is 0 Å². The summed E-state index contributed by atoms with van der Waals surface area (Å²) in [4.78, 5) is 15.4. The molecule has 0 amide bonds. The van der Waals surface area contributed by atoms with E-state index in [1.54, 1.807) is 25.1 Å². The molecule has 6 heteroatoms. The Kier molecular flexibility index (Phi) is 3.76. The second kappa shape index (κ2) is 5.32. The SMILES string of the molecule is COc1cc(/C=C2/N=C(C)OC2=O)cc(Cl)c1OC. The van der Waals surface area contributed by atoms with Crippen molar-refractivity contribution in [1.82, 2.24) is 0 Å². The standard InChI is InChI=1S/C13H12ClNO4/c1-7-15-10(13(16)19-7)5-8-4-9(14)12(18-3)11(6-8)17-2/h4-6H,1-3H3/b10-5+. The zero-order valence-corrected chi connectivity index (χ0v) is 11.4. The summed E-state index contributed by atoms with van der Waals surface area (Å²) in [5.74, 6) is 0.764. The van der Waals surface area contributed by atoms with Crippen LogP contribution in [-0.2, 0) is 9.53 Å². The lowest BCUT2D eigenvalue weighted by Gasteiger charge is -2.10. The van der Waals surface area contributed by atoms with Crippen LogP contribution < -0.4 is 9.47 Å². The van der Waals surface area contributed by atoms with Gasteiger partial charge in [0.15, 0.2) is 23.1 Å². The molecule has 0 aliphatic carbocycles. The van der Waals surface area contributed by atoms with Crippen LogP contribution in [0, 0.1) is 0 Å². The number of halogens is 1. The summed E-state index contributed by atoms with van der Waals surface area (Å²) in [5, 5.41) is 0.390. The number of benzene rings is 1. The summed E-state index contributed by atoms with van der Waals surface area (Å²) in [6.45, 7) is 1.61. The van der Waals surface area contributed by atoms with Gasteiger partial charge in [0, 0.05) is 6.92 Å². The number of methoxy groups -OCH3 is 2. The predicted molar refractivity (Wildman–Crippen MR) is 71.7 cm³/mol. The van der Waals surface area contributed by atoms with Crippen molar-refractivity contribution in [2.75, 3.05) is 14.2 Å². The number of cyclic esters (lactones) is 1. The number of nitrogens with zero attached hydrogens (tertiary/aromatic N) is 1. The van der Waals surface area contributed by atoms with E-state index in [0.29, 0.717) is 28.0 Å². The summed E-state index contributed by atoms with van der Waals surface area (Å²) in [6, 6.07) is 3.36. The van der Waals surface area contributed by atoms with Gasteiger partial charge in [0.25, 0.3) is 0 Å². The Morgan fingerprint density at radius 2 is 2.05 bits per heavy atom. The lowest BCUT2D eigenvalue weighted by molar-refractivity contribution is -0.130. The highest BCUT2D eigenvalue weighted by Crippen LogP contribution is 2.36. The molecule has 0 spiro atoms. The van der Waals surface area contributed by atoms with E-state index in [0.717, 1.165) is 0 Å². The highest BCUT2D eigenvalue weighted by atomic mass is 35.5. The third-order valence-electron chi connectivity index (χ3n) is 2.49. The number of hydrogen-bond donors (Lipinski definition) is 0. The smallest absolute Gasteiger partial charge is 0.363 e. The molecule has 0 aromatic heterocycles. The zero-order chi connectivity index (χ0) is 14.0. The molecule has 0 saturated carbocycles. The van der Waals surface area contributed by atoms with E-state index in [1.165, 1.54) is 14.2 Å². The lowest BCUT2D eigenvalue weighted by atomic mass is 10.1. The molecule has 5 nitrogen and oxygen atoms in total. The summed E-state index contributed by atoms with van der Waals surface area (Å²) in [5.41, 5.74) is 0.897. The van der Waals surface area contributed by atoms with Gasteiger partial charge in [-0.1, -0.05) is 11.6 Å². The number of rotatable bonds is 3. The van der Waals surface area contributed by atoms with Crippen LogP contribution >= 0.6 is 11.6 Å². The number of aliphatic imine (C=N–C) groups is 1. The van der Waals surface area contributed by atoms with Gasteiger partial charge in [-0.25, -0.2) is 9.79 Å². The van der Waals surface area contributed by atoms with E-state index in [4.69, 9.17) is 25.8 Å². The van der Waals surface area contributed by atoms with Crippen molar-refractivity contribution in [2.45, 2.75) is 6.92 Å². The van der Waals surface area contributed by atoms with Gasteiger partial charge in [0.05, 0.1) is 19.2 Å². The number of hydrogen-bond acceptors (Lipinski definition) is 5. The summed E-state index contributed by atoms with van der Waals surface area (Å²) in [6.07, 6.45) is 1.58. The topological polar surface area (TPSA) is 57.1 Å². The van der Waals surface area contributed by atoms with Crippen LogP contribution in [0.1, 0.15) is 12.5 Å². The second-order valence-electron chi connectivity index (χ2n) is 3.79. The van der Waals surface area contributed by atoms with Gasteiger partial charge in [-0.3, -0.25) is 0 Å². The fourth-order valence-corrected chi connectivity index (χ4v) is 1.99. The molecule has 1 heterocycles. The minimum atomic E-state index is -0.483. The summed E-state index contributed by atoms with van der Waals surface area (Å²) < 4.78 is 15.1. The van der Waals surface area contributed by atoms with Gasteiger partial charge in [-0.05, 0) is 23.8 Å². The number of carbonyl (C=O) groups excluding carboxylic acids is 1. The molecule has 100 valence electrons. The molecule has 1 aromatic rings. The van der Waals surface area contributed by atoms with Gasteiger partial charge in [-0.2, -0.15) is 0 Å². The maximum atomic E-state index is 11.5. The lowest BCUT2D eigenvalue weighted by Crippen LogP contribution is -2.00. The Bertz CT molecular complexity index is 593. The molecule has 2 rings (SSSR count). The molecular formula is C13H12ClNO4.